The summed E-state index contributed by atoms with van der Waals surface area (Å²) in [5.74, 6) is 1.85. The molecule has 0 atom stereocenters. The number of benzene rings is 8. The molecule has 2 aliphatic heterocycles. The molecular weight excluding hydrogens is 751 g/mol. The van der Waals surface area contributed by atoms with Crippen molar-refractivity contribution in [3.8, 4) is 22.6 Å². The van der Waals surface area contributed by atoms with E-state index in [4.69, 9.17) is 4.74 Å². The Labute approximate surface area is 368 Å². The van der Waals surface area contributed by atoms with Crippen molar-refractivity contribution in [2.45, 2.75) is 45.4 Å². The van der Waals surface area contributed by atoms with Crippen LogP contribution in [0.2, 0.25) is 0 Å². The van der Waals surface area contributed by atoms with Gasteiger partial charge in [0.1, 0.15) is 11.5 Å². The molecule has 8 aromatic carbocycles. The lowest BCUT2D eigenvalue weighted by molar-refractivity contribution is 0.419. The van der Waals surface area contributed by atoms with Crippen molar-refractivity contribution in [1.82, 2.24) is 0 Å². The smallest absolute Gasteiger partial charge is 0.388 e. The van der Waals surface area contributed by atoms with Crippen LogP contribution in [0.3, 0.4) is 0 Å². The molecule has 0 spiro atoms. The summed E-state index contributed by atoms with van der Waals surface area (Å²) in [7, 11) is 0. The summed E-state index contributed by atoms with van der Waals surface area (Å²) in [4.78, 5) is 0. The molecule has 0 N–H and O–H groups in total. The van der Waals surface area contributed by atoms with Gasteiger partial charge in [0, 0.05) is 39.2 Å². The van der Waals surface area contributed by atoms with Crippen molar-refractivity contribution in [2.24, 2.45) is 0 Å². The molecule has 2 aliphatic rings. The van der Waals surface area contributed by atoms with E-state index in [0.29, 0.717) is 0 Å². The van der Waals surface area contributed by atoms with Gasteiger partial charge in [0.15, 0.2) is 0 Å². The molecule has 300 valence electrons. The summed E-state index contributed by atoms with van der Waals surface area (Å²) in [5, 5.41) is 0. The minimum absolute atomic E-state index is 0.160. The molecule has 2 heterocycles. The Hall–Kier alpha value is -6.85. The molecular formula is C55H50B3N3O. The Morgan fingerprint density at radius 1 is 0.403 bits per heavy atom. The van der Waals surface area contributed by atoms with Crippen LogP contribution >= 0.6 is 0 Å². The fraction of sp³-hybridized carbons (Fsp3) is 0.127. The Balaban J connectivity index is 1.29. The van der Waals surface area contributed by atoms with Gasteiger partial charge in [-0.25, -0.2) is 0 Å². The van der Waals surface area contributed by atoms with E-state index >= 15 is 0 Å². The van der Waals surface area contributed by atoms with Gasteiger partial charge >= 0.3 is 20.9 Å². The summed E-state index contributed by atoms with van der Waals surface area (Å²) in [6.45, 7) is 10.9. The second-order valence-corrected chi connectivity index (χ2v) is 18.1. The highest BCUT2D eigenvalue weighted by molar-refractivity contribution is 7.14. The molecule has 0 unspecified atom stereocenters. The van der Waals surface area contributed by atoms with Crippen LogP contribution in [0.5, 0.6) is 11.5 Å². The predicted molar refractivity (Wildman–Crippen MR) is 265 cm³/mol. The molecule has 7 heteroatoms. The maximum atomic E-state index is 7.02. The van der Waals surface area contributed by atoms with E-state index in [1.807, 2.05) is 0 Å². The summed E-state index contributed by atoms with van der Waals surface area (Å²) < 4.78 is 14.9. The van der Waals surface area contributed by atoms with Crippen LogP contribution in [-0.2, 0) is 10.8 Å². The predicted octanol–water partition coefficient (Wildman–Crippen LogP) is 11.1. The number of anilines is 3. The lowest BCUT2D eigenvalue weighted by atomic mass is 9.37. The molecule has 0 saturated carbocycles. The minimum atomic E-state index is -0.277. The Morgan fingerprint density at radius 3 is 1.31 bits per heavy atom. The molecule has 1 saturated heterocycles. The number of fused-ring (bicyclic) bond motifs is 2. The zero-order chi connectivity index (χ0) is 42.4. The van der Waals surface area contributed by atoms with E-state index in [1.165, 1.54) is 38.6 Å². The maximum absolute atomic E-state index is 7.02. The molecule has 0 aliphatic carbocycles. The number of hydrogen-bond acceptors (Lipinski definition) is 4. The molecule has 0 bridgehead atoms. The van der Waals surface area contributed by atoms with E-state index < -0.39 is 0 Å². The lowest BCUT2D eigenvalue weighted by Gasteiger charge is -2.57. The highest BCUT2D eigenvalue weighted by atomic mass is 16.5. The van der Waals surface area contributed by atoms with Gasteiger partial charge in [0.05, 0.1) is 0 Å². The third-order valence-corrected chi connectivity index (χ3v) is 12.8. The zero-order valence-electron chi connectivity index (χ0n) is 36.2. The van der Waals surface area contributed by atoms with Crippen LogP contribution in [0.15, 0.2) is 212 Å². The number of para-hydroxylation sites is 5. The van der Waals surface area contributed by atoms with Gasteiger partial charge in [-0.3, -0.25) is 0 Å². The first-order valence-corrected chi connectivity index (χ1v) is 21.9. The molecule has 8 aromatic rings. The van der Waals surface area contributed by atoms with Crippen LogP contribution in [0.1, 0.15) is 51.3 Å². The standard InChI is InChI=1S/C55H50B3N3O/c1-54(2,3)49-39-38-43(40-48(49)47-34-23-36-51-53(47)62-52-37-22-21-35-50(52)55(51,4)5)58-60(45-30-17-9-18-31-45)56(41-24-11-6-12-25-41)59(44-28-15-8-16-29-44)57(42-26-13-7-14-27-42)61(58)46-32-19-10-20-33-46/h6-40H,1-5H3. The number of hydrogen-bond donors (Lipinski definition) is 0. The summed E-state index contributed by atoms with van der Waals surface area (Å²) in [6, 6.07) is 77.5. The van der Waals surface area contributed by atoms with E-state index in [9.17, 15) is 0 Å². The molecule has 4 nitrogen and oxygen atoms in total. The molecule has 1 fully saturated rings. The number of nitrogens with zero attached hydrogens (tertiary/aromatic N) is 3. The van der Waals surface area contributed by atoms with Crippen LogP contribution in [0, 0.1) is 0 Å². The third kappa shape index (κ3) is 6.86. The zero-order valence-corrected chi connectivity index (χ0v) is 36.2. The van der Waals surface area contributed by atoms with Crippen molar-refractivity contribution < 1.29 is 4.74 Å². The molecule has 10 rings (SSSR count). The molecule has 0 radical (unpaired) electrons. The average molecular weight is 801 g/mol. The van der Waals surface area contributed by atoms with Gasteiger partial charge in [-0.05, 0) is 75.4 Å². The average Bonchev–Trinajstić information content (AvgIpc) is 3.31. The van der Waals surface area contributed by atoms with Gasteiger partial charge in [-0.15, -0.1) is 0 Å². The summed E-state index contributed by atoms with van der Waals surface area (Å²) in [5.41, 5.74) is 12.5. The molecule has 0 aromatic heterocycles. The fourth-order valence-corrected chi connectivity index (χ4v) is 9.94. The first-order chi connectivity index (χ1) is 30.2. The monoisotopic (exact) mass is 801 g/mol. The van der Waals surface area contributed by atoms with Gasteiger partial charge < -0.3 is 18.9 Å². The first kappa shape index (κ1) is 39.3. The van der Waals surface area contributed by atoms with Crippen LogP contribution in [0.25, 0.3) is 11.1 Å². The first-order valence-electron chi connectivity index (χ1n) is 21.9. The maximum Gasteiger partial charge on any atom is 0.388 e. The Bertz CT molecular complexity index is 2730. The van der Waals surface area contributed by atoms with Gasteiger partial charge in [0.2, 0.25) is 0 Å². The highest BCUT2D eigenvalue weighted by Gasteiger charge is 2.56. The van der Waals surface area contributed by atoms with Gasteiger partial charge in [-0.2, -0.15) is 0 Å². The normalized spacial score (nSPS) is 14.6. The van der Waals surface area contributed by atoms with E-state index in [2.05, 4.69) is 261 Å². The number of ether oxygens (including phenoxy) is 1. The van der Waals surface area contributed by atoms with E-state index in [-0.39, 0.29) is 31.8 Å². The molecule has 0 amide bonds. The lowest BCUT2D eigenvalue weighted by Crippen LogP contribution is -2.86. The van der Waals surface area contributed by atoms with Gasteiger partial charge in [0.25, 0.3) is 0 Å². The Morgan fingerprint density at radius 2 is 0.823 bits per heavy atom. The largest absolute Gasteiger partial charge is 0.456 e. The fourth-order valence-electron chi connectivity index (χ4n) is 9.94. The van der Waals surface area contributed by atoms with Crippen molar-refractivity contribution >= 4 is 54.4 Å². The van der Waals surface area contributed by atoms with Crippen molar-refractivity contribution in [2.75, 3.05) is 14.2 Å². The van der Waals surface area contributed by atoms with Crippen LogP contribution in [-0.4, -0.2) is 20.9 Å². The minimum Gasteiger partial charge on any atom is -0.456 e. The molecule has 62 heavy (non-hydrogen) atoms. The third-order valence-electron chi connectivity index (χ3n) is 12.8. The topological polar surface area (TPSA) is 19.0 Å². The Kier molecular flexibility index (Phi) is 10.1. The van der Waals surface area contributed by atoms with E-state index in [1.54, 1.807) is 0 Å². The SMILES string of the molecule is CC(C)(C)c1ccc(B2N(c3ccccc3)B(c3ccccc3)N(c3ccccc3)B(c3ccccc3)N2c2ccccc2)cc1-c1cccc2c1Oc1ccccc1C2(C)C. The van der Waals surface area contributed by atoms with Gasteiger partial charge in [-0.1, -0.05) is 204 Å². The van der Waals surface area contributed by atoms with E-state index in [0.717, 1.165) is 34.1 Å². The summed E-state index contributed by atoms with van der Waals surface area (Å²) in [6.07, 6.45) is 0. The van der Waals surface area contributed by atoms with Crippen LogP contribution in [0.4, 0.5) is 17.1 Å². The van der Waals surface area contributed by atoms with Crippen LogP contribution < -0.4 is 35.3 Å². The van der Waals surface area contributed by atoms with Crippen molar-refractivity contribution in [3.05, 3.63) is 229 Å². The second-order valence-electron chi connectivity index (χ2n) is 18.1. The van der Waals surface area contributed by atoms with Crippen molar-refractivity contribution in [3.63, 3.8) is 0 Å². The second kappa shape index (κ2) is 15.9. The number of rotatable bonds is 7. The van der Waals surface area contributed by atoms with Crippen molar-refractivity contribution in [1.29, 1.82) is 0 Å². The highest BCUT2D eigenvalue weighted by Crippen LogP contribution is 2.52. The summed E-state index contributed by atoms with van der Waals surface area (Å²) >= 11 is 0. The quantitative estimate of drug-likeness (QED) is 0.149.